The van der Waals surface area contributed by atoms with Crippen molar-refractivity contribution in [3.63, 3.8) is 0 Å². The maximum absolute atomic E-state index is 8.76. The minimum atomic E-state index is 0.262. The van der Waals surface area contributed by atoms with E-state index in [0.717, 1.165) is 19.7 Å². The molecule has 2 unspecified atom stereocenters. The molecule has 0 aromatic rings. The highest BCUT2D eigenvalue weighted by Crippen LogP contribution is 2.10. The molecule has 1 saturated heterocycles. The quantitative estimate of drug-likeness (QED) is 0.631. The second kappa shape index (κ2) is 5.51. The number of aliphatic hydroxyl groups excluding tert-OH is 1. The van der Waals surface area contributed by atoms with E-state index in [1.54, 1.807) is 0 Å². The molecule has 0 aromatic carbocycles. The van der Waals surface area contributed by atoms with Gasteiger partial charge in [-0.15, -0.1) is 0 Å². The number of hydrogen-bond acceptors (Lipinski definition) is 3. The third-order valence-corrected chi connectivity index (χ3v) is 2.20. The molecule has 72 valence electrons. The molecule has 1 fully saturated rings. The third kappa shape index (κ3) is 3.52. The Morgan fingerprint density at radius 3 is 3.08 bits per heavy atom. The molecule has 2 N–H and O–H groups in total. The fourth-order valence-electron chi connectivity index (χ4n) is 1.36. The molecule has 2 atom stereocenters. The number of hydrogen-bond donors (Lipinski definition) is 2. The summed E-state index contributed by atoms with van der Waals surface area (Å²) in [5.41, 5.74) is 0. The Morgan fingerprint density at radius 1 is 1.67 bits per heavy atom. The lowest BCUT2D eigenvalue weighted by Crippen LogP contribution is -2.30. The molecule has 1 heterocycles. The lowest BCUT2D eigenvalue weighted by molar-refractivity contribution is 0.108. The summed E-state index contributed by atoms with van der Waals surface area (Å²) in [6, 6.07) is 0. The largest absolute Gasteiger partial charge is 0.396 e. The molecule has 1 rings (SSSR count). The van der Waals surface area contributed by atoms with Crippen molar-refractivity contribution in [1.29, 1.82) is 0 Å². The van der Waals surface area contributed by atoms with Gasteiger partial charge in [-0.05, 0) is 25.3 Å². The molecule has 0 spiro atoms. The minimum absolute atomic E-state index is 0.262. The number of aliphatic hydroxyl groups is 1. The molecule has 12 heavy (non-hydrogen) atoms. The maximum atomic E-state index is 8.76. The van der Waals surface area contributed by atoms with Gasteiger partial charge in [-0.2, -0.15) is 0 Å². The highest BCUT2D eigenvalue weighted by molar-refractivity contribution is 4.68. The van der Waals surface area contributed by atoms with Gasteiger partial charge in [-0.1, -0.05) is 6.92 Å². The summed E-state index contributed by atoms with van der Waals surface area (Å²) in [6.45, 7) is 5.03. The van der Waals surface area contributed by atoms with Gasteiger partial charge < -0.3 is 15.2 Å². The predicted molar refractivity (Wildman–Crippen MR) is 48.1 cm³/mol. The second-order valence-corrected chi connectivity index (χ2v) is 3.58. The van der Waals surface area contributed by atoms with E-state index in [4.69, 9.17) is 9.84 Å². The van der Waals surface area contributed by atoms with E-state index in [1.165, 1.54) is 12.8 Å². The van der Waals surface area contributed by atoms with Crippen LogP contribution < -0.4 is 5.32 Å². The van der Waals surface area contributed by atoms with Crippen molar-refractivity contribution < 1.29 is 9.84 Å². The molecule has 0 aromatic heterocycles. The third-order valence-electron chi connectivity index (χ3n) is 2.20. The topological polar surface area (TPSA) is 41.5 Å². The van der Waals surface area contributed by atoms with Crippen LogP contribution >= 0.6 is 0 Å². The Hall–Kier alpha value is -0.120. The van der Waals surface area contributed by atoms with E-state index in [2.05, 4.69) is 5.32 Å². The van der Waals surface area contributed by atoms with Crippen LogP contribution in [0.4, 0.5) is 0 Å². The highest BCUT2D eigenvalue weighted by Gasteiger charge is 2.14. The van der Waals surface area contributed by atoms with Gasteiger partial charge >= 0.3 is 0 Å². The van der Waals surface area contributed by atoms with Crippen molar-refractivity contribution >= 4 is 0 Å². The summed E-state index contributed by atoms with van der Waals surface area (Å²) < 4.78 is 5.44. The van der Waals surface area contributed by atoms with Gasteiger partial charge in [0.2, 0.25) is 0 Å². The monoisotopic (exact) mass is 173 g/mol. The lowest BCUT2D eigenvalue weighted by Gasteiger charge is -2.13. The standard InChI is InChI=1S/C9H19NO2/c1-8(7-11)5-10-6-9-3-2-4-12-9/h8-11H,2-7H2,1H3. The average molecular weight is 173 g/mol. The van der Waals surface area contributed by atoms with Crippen LogP contribution in [0.1, 0.15) is 19.8 Å². The van der Waals surface area contributed by atoms with Crippen LogP contribution in [-0.2, 0) is 4.74 Å². The Bertz CT molecular complexity index is 113. The first-order chi connectivity index (χ1) is 5.83. The van der Waals surface area contributed by atoms with E-state index >= 15 is 0 Å². The summed E-state index contributed by atoms with van der Waals surface area (Å²) in [5.74, 6) is 0.353. The zero-order valence-electron chi connectivity index (χ0n) is 7.75. The molecule has 0 saturated carbocycles. The summed E-state index contributed by atoms with van der Waals surface area (Å²) in [7, 11) is 0. The van der Waals surface area contributed by atoms with E-state index in [-0.39, 0.29) is 6.61 Å². The van der Waals surface area contributed by atoms with E-state index in [0.29, 0.717) is 12.0 Å². The first kappa shape index (κ1) is 9.96. The smallest absolute Gasteiger partial charge is 0.0700 e. The van der Waals surface area contributed by atoms with Crippen LogP contribution in [0.5, 0.6) is 0 Å². The summed E-state index contributed by atoms with van der Waals surface area (Å²) in [6.07, 6.45) is 2.79. The molecule has 1 aliphatic heterocycles. The van der Waals surface area contributed by atoms with Gasteiger partial charge in [-0.3, -0.25) is 0 Å². The molecule has 0 amide bonds. The van der Waals surface area contributed by atoms with E-state index in [9.17, 15) is 0 Å². The van der Waals surface area contributed by atoms with Crippen LogP contribution in [0.25, 0.3) is 0 Å². The minimum Gasteiger partial charge on any atom is -0.396 e. The average Bonchev–Trinajstić information content (AvgIpc) is 2.57. The molecule has 3 heteroatoms. The number of ether oxygens (including phenoxy) is 1. The lowest BCUT2D eigenvalue weighted by atomic mass is 10.2. The van der Waals surface area contributed by atoms with Gasteiger partial charge in [-0.25, -0.2) is 0 Å². The summed E-state index contributed by atoms with van der Waals surface area (Å²) in [5, 5.41) is 12.0. The Kier molecular flexibility index (Phi) is 4.58. The van der Waals surface area contributed by atoms with E-state index in [1.807, 2.05) is 6.92 Å². The summed E-state index contributed by atoms with van der Waals surface area (Å²) in [4.78, 5) is 0. The maximum Gasteiger partial charge on any atom is 0.0700 e. The molecule has 3 nitrogen and oxygen atoms in total. The number of nitrogens with one attached hydrogen (secondary N) is 1. The predicted octanol–water partition coefficient (Wildman–Crippen LogP) is 0.383. The van der Waals surface area contributed by atoms with Crippen molar-refractivity contribution in [3.05, 3.63) is 0 Å². The van der Waals surface area contributed by atoms with Crippen molar-refractivity contribution in [2.24, 2.45) is 5.92 Å². The van der Waals surface area contributed by atoms with Crippen LogP contribution in [0.15, 0.2) is 0 Å². The van der Waals surface area contributed by atoms with Gasteiger partial charge in [0, 0.05) is 19.8 Å². The first-order valence-corrected chi connectivity index (χ1v) is 4.76. The van der Waals surface area contributed by atoms with Crippen molar-refractivity contribution in [1.82, 2.24) is 5.32 Å². The first-order valence-electron chi connectivity index (χ1n) is 4.76. The van der Waals surface area contributed by atoms with Crippen LogP contribution in [0, 0.1) is 5.92 Å². The molecule has 1 aliphatic rings. The zero-order valence-corrected chi connectivity index (χ0v) is 7.75. The molecular weight excluding hydrogens is 154 g/mol. The van der Waals surface area contributed by atoms with Crippen LogP contribution in [0.3, 0.4) is 0 Å². The van der Waals surface area contributed by atoms with Gasteiger partial charge in [0.05, 0.1) is 6.10 Å². The Morgan fingerprint density at radius 2 is 2.50 bits per heavy atom. The van der Waals surface area contributed by atoms with Gasteiger partial charge in [0.25, 0.3) is 0 Å². The SMILES string of the molecule is CC(CO)CNCC1CCCO1. The van der Waals surface area contributed by atoms with Gasteiger partial charge in [0.15, 0.2) is 0 Å². The molecule has 0 bridgehead atoms. The molecule has 0 radical (unpaired) electrons. The number of rotatable bonds is 5. The fraction of sp³-hybridized carbons (Fsp3) is 1.00. The van der Waals surface area contributed by atoms with Crippen molar-refractivity contribution in [3.8, 4) is 0 Å². The Labute approximate surface area is 74.1 Å². The molecule has 0 aliphatic carbocycles. The molecular formula is C9H19NO2. The van der Waals surface area contributed by atoms with Crippen molar-refractivity contribution in [2.75, 3.05) is 26.3 Å². The fourth-order valence-corrected chi connectivity index (χ4v) is 1.36. The van der Waals surface area contributed by atoms with Crippen LogP contribution in [0.2, 0.25) is 0 Å². The highest BCUT2D eigenvalue weighted by atomic mass is 16.5. The normalized spacial score (nSPS) is 26.0. The van der Waals surface area contributed by atoms with Gasteiger partial charge in [0.1, 0.15) is 0 Å². The Balaban J connectivity index is 1.94. The second-order valence-electron chi connectivity index (χ2n) is 3.58. The van der Waals surface area contributed by atoms with Crippen LogP contribution in [-0.4, -0.2) is 37.5 Å². The van der Waals surface area contributed by atoms with E-state index < -0.39 is 0 Å². The van der Waals surface area contributed by atoms with Crippen molar-refractivity contribution in [2.45, 2.75) is 25.9 Å². The zero-order chi connectivity index (χ0) is 8.81. The summed E-state index contributed by atoms with van der Waals surface area (Å²) >= 11 is 0.